The van der Waals surface area contributed by atoms with E-state index in [0.717, 1.165) is 66.6 Å². The molecule has 0 atom stereocenters. The Bertz CT molecular complexity index is 1940. The van der Waals surface area contributed by atoms with Crippen molar-refractivity contribution in [3.63, 3.8) is 0 Å². The minimum Gasteiger partial charge on any atom is -0.481 e. The molecule has 0 aromatic carbocycles. The van der Waals surface area contributed by atoms with Crippen molar-refractivity contribution in [2.75, 3.05) is 0 Å². The summed E-state index contributed by atoms with van der Waals surface area (Å²) in [5.74, 6) is -1.83. The Morgan fingerprint density at radius 2 is 1.30 bits per heavy atom. The molecule has 6 bridgehead atoms. The van der Waals surface area contributed by atoms with Gasteiger partial charge in [0.2, 0.25) is 0 Å². The van der Waals surface area contributed by atoms with E-state index in [2.05, 4.69) is 23.1 Å². The van der Waals surface area contributed by atoms with E-state index >= 15 is 0 Å². The highest BCUT2D eigenvalue weighted by Gasteiger charge is 2.19. The third-order valence-electron chi connectivity index (χ3n) is 8.25. The van der Waals surface area contributed by atoms with Crippen molar-refractivity contribution >= 4 is 57.3 Å². The Labute approximate surface area is 250 Å². The second kappa shape index (κ2) is 12.5. The molecule has 0 amide bonds. The lowest BCUT2D eigenvalue weighted by Gasteiger charge is -2.07. The molecule has 3 aromatic rings. The van der Waals surface area contributed by atoms with Gasteiger partial charge in [0.1, 0.15) is 0 Å². The van der Waals surface area contributed by atoms with Gasteiger partial charge in [-0.05, 0) is 111 Å². The average molecular weight is 579 g/mol. The van der Waals surface area contributed by atoms with Crippen molar-refractivity contribution in [3.8, 4) is 0 Å². The zero-order chi connectivity index (χ0) is 31.6. The van der Waals surface area contributed by atoms with Crippen molar-refractivity contribution in [1.82, 2.24) is 15.0 Å². The molecule has 1 aliphatic rings. The lowest BCUT2D eigenvalue weighted by molar-refractivity contribution is -0.137. The van der Waals surface area contributed by atoms with E-state index in [0.29, 0.717) is 23.4 Å². The van der Waals surface area contributed by atoms with Crippen LogP contribution in [0.25, 0.3) is 45.4 Å². The van der Waals surface area contributed by atoms with E-state index in [4.69, 9.17) is 10.4 Å². The summed E-state index contributed by atoms with van der Waals surface area (Å²) in [5.41, 5.74) is 12.3. The molecule has 1 aliphatic heterocycles. The molecule has 3 aromatic heterocycles. The largest absolute Gasteiger partial charge is 0.481 e. The van der Waals surface area contributed by atoms with Crippen LogP contribution in [-0.4, -0.2) is 37.1 Å². The molecule has 8 heteroatoms. The molecule has 43 heavy (non-hydrogen) atoms. The van der Waals surface area contributed by atoms with Crippen molar-refractivity contribution in [1.29, 1.82) is 5.41 Å². The van der Waals surface area contributed by atoms with Crippen LogP contribution in [-0.2, 0) is 16.0 Å². The topological polar surface area (TPSA) is 143 Å². The summed E-state index contributed by atoms with van der Waals surface area (Å²) in [6, 6.07) is 7.62. The molecule has 222 valence electrons. The first-order valence-corrected chi connectivity index (χ1v) is 14.2. The fourth-order valence-electron chi connectivity index (χ4n) is 5.68. The van der Waals surface area contributed by atoms with Crippen molar-refractivity contribution < 1.29 is 19.8 Å². The van der Waals surface area contributed by atoms with E-state index in [9.17, 15) is 19.8 Å². The number of nitrogens with one attached hydrogen (secondary N) is 3. The number of aryl methyl sites for hydroxylation is 3. The van der Waals surface area contributed by atoms with Gasteiger partial charge in [-0.1, -0.05) is 25.3 Å². The predicted molar refractivity (Wildman–Crippen MR) is 174 cm³/mol. The number of aromatic amines is 2. The summed E-state index contributed by atoms with van der Waals surface area (Å²) in [6.45, 7) is 17.7. The number of hydrogen-bond donors (Lipinski definition) is 5. The molecule has 5 N–H and O–H groups in total. The molecule has 4 heterocycles. The Balaban J connectivity index is 2.25. The van der Waals surface area contributed by atoms with Crippen LogP contribution in [0.1, 0.15) is 76.5 Å². The Morgan fingerprint density at radius 3 is 1.86 bits per heavy atom. The third-order valence-corrected chi connectivity index (χ3v) is 8.25. The van der Waals surface area contributed by atoms with E-state index in [-0.39, 0.29) is 24.6 Å². The average Bonchev–Trinajstić information content (AvgIpc) is 3.51. The lowest BCUT2D eigenvalue weighted by Crippen LogP contribution is -2.08. The number of rotatable bonds is 8. The first-order chi connectivity index (χ1) is 20.4. The van der Waals surface area contributed by atoms with E-state index < -0.39 is 11.9 Å². The number of hydrogen-bond acceptors (Lipinski definition) is 4. The summed E-state index contributed by atoms with van der Waals surface area (Å²) >= 11 is 0. The lowest BCUT2D eigenvalue weighted by atomic mass is 9.97. The van der Waals surface area contributed by atoms with Gasteiger partial charge >= 0.3 is 11.9 Å². The van der Waals surface area contributed by atoms with Crippen LogP contribution in [0.15, 0.2) is 37.4 Å². The molecule has 0 saturated carbocycles. The summed E-state index contributed by atoms with van der Waals surface area (Å²) in [6.07, 6.45) is 3.99. The van der Waals surface area contributed by atoms with Gasteiger partial charge in [0.05, 0.1) is 16.7 Å². The second-order valence-corrected chi connectivity index (χ2v) is 10.9. The number of carbonyl (C=O) groups is 2. The zero-order valence-corrected chi connectivity index (χ0v) is 25.4. The number of nitrogens with zero attached hydrogens (tertiary/aromatic N) is 1. The molecule has 0 spiro atoms. The highest BCUT2D eigenvalue weighted by Crippen LogP contribution is 2.34. The quantitative estimate of drug-likeness (QED) is 0.189. The van der Waals surface area contributed by atoms with Crippen LogP contribution in [0.4, 0.5) is 0 Å². The molecule has 0 aliphatic carbocycles. The normalized spacial score (nSPS) is 11.8. The number of carboxylic acid groups (broad SMARTS) is 2. The van der Waals surface area contributed by atoms with Gasteiger partial charge in [0.25, 0.3) is 0 Å². The molecular formula is C35H38N4O4. The molecular weight excluding hydrogens is 540 g/mol. The van der Waals surface area contributed by atoms with Gasteiger partial charge in [-0.2, -0.15) is 0 Å². The molecule has 0 fully saturated rings. The van der Waals surface area contributed by atoms with Gasteiger partial charge in [0, 0.05) is 46.0 Å². The maximum Gasteiger partial charge on any atom is 0.303 e. The van der Waals surface area contributed by atoms with Crippen LogP contribution >= 0.6 is 0 Å². The fraction of sp³-hybridized carbons (Fsp3) is 0.257. The van der Waals surface area contributed by atoms with E-state index in [1.165, 1.54) is 0 Å². The van der Waals surface area contributed by atoms with Crippen LogP contribution in [0.3, 0.4) is 0 Å². The maximum atomic E-state index is 11.6. The fourth-order valence-corrected chi connectivity index (χ4v) is 5.68. The summed E-state index contributed by atoms with van der Waals surface area (Å²) in [7, 11) is 0. The smallest absolute Gasteiger partial charge is 0.303 e. The third kappa shape index (κ3) is 6.28. The number of fused-ring (bicyclic) bond motifs is 6. The van der Waals surface area contributed by atoms with Gasteiger partial charge < -0.3 is 25.6 Å². The molecule has 0 saturated heterocycles. The second-order valence-electron chi connectivity index (χ2n) is 10.9. The van der Waals surface area contributed by atoms with E-state index in [1.807, 2.05) is 52.8 Å². The van der Waals surface area contributed by atoms with Gasteiger partial charge in [-0.3, -0.25) is 9.59 Å². The summed E-state index contributed by atoms with van der Waals surface area (Å²) in [5, 5.41) is 28.2. The maximum absolute atomic E-state index is 11.6. The van der Waals surface area contributed by atoms with Crippen molar-refractivity contribution in [2.45, 2.75) is 60.3 Å². The highest BCUT2D eigenvalue weighted by molar-refractivity contribution is 5.94. The zero-order valence-electron chi connectivity index (χ0n) is 25.4. The first kappa shape index (κ1) is 31.0. The molecule has 0 unspecified atom stereocenters. The highest BCUT2D eigenvalue weighted by atomic mass is 16.4. The predicted octanol–water partition coefficient (Wildman–Crippen LogP) is 7.42. The number of aromatic nitrogens is 3. The number of carboxylic acids is 2. The van der Waals surface area contributed by atoms with Crippen LogP contribution in [0.5, 0.6) is 0 Å². The molecule has 0 radical (unpaired) electrons. The number of allylic oxidation sites excluding steroid dienone is 2. The monoisotopic (exact) mass is 578 g/mol. The van der Waals surface area contributed by atoms with Crippen molar-refractivity contribution in [2.24, 2.45) is 0 Å². The number of aliphatic carboxylic acids is 2. The minimum absolute atomic E-state index is 0.0486. The Morgan fingerprint density at radius 1 is 0.767 bits per heavy atom. The minimum atomic E-state index is -0.928. The molecule has 8 nitrogen and oxygen atoms in total. The Hall–Kier alpha value is -4.98. The van der Waals surface area contributed by atoms with Gasteiger partial charge in [0.15, 0.2) is 0 Å². The summed E-state index contributed by atoms with van der Waals surface area (Å²) in [4.78, 5) is 35.0. The van der Waals surface area contributed by atoms with Crippen LogP contribution < -0.4 is 5.36 Å². The van der Waals surface area contributed by atoms with Gasteiger partial charge in [-0.25, -0.2) is 4.98 Å². The van der Waals surface area contributed by atoms with Crippen molar-refractivity contribution in [3.05, 3.63) is 93.1 Å². The standard InChI is InChI=1S/C35H38N4O4/c1-8-23-20(5)28-15-27(36)19(4)25(10-12-34(40)41)18(3)14-31-26(11-13-35(42)43)22(7)30(38-31)17-33-24(9-2)21(6)29(39-33)16-32(23)37-28/h8-9,14-17,36-37,39H,1-2,10-13H2,3-7H3,(H,40,41)(H,42,43). The summed E-state index contributed by atoms with van der Waals surface area (Å²) < 4.78 is 0. The van der Waals surface area contributed by atoms with Crippen LogP contribution in [0, 0.1) is 33.1 Å². The van der Waals surface area contributed by atoms with E-state index in [1.54, 1.807) is 18.2 Å². The van der Waals surface area contributed by atoms with Gasteiger partial charge in [-0.15, -0.1) is 0 Å². The number of H-pyrrole nitrogens is 2. The SMILES string of the molecule is C=Cc1c(C)c2cc3[nH]c(cc(=N)c(C)c(CCC(=O)O)c(C)cc4nc(cc1[nH]2)C(C)=C4CCC(=O)O)c(C)c3C=C. The first-order valence-electron chi connectivity index (χ1n) is 14.2. The molecule has 4 rings (SSSR count). The Kier molecular flexibility index (Phi) is 8.99. The van der Waals surface area contributed by atoms with Crippen LogP contribution in [0.2, 0.25) is 0 Å².